The summed E-state index contributed by atoms with van der Waals surface area (Å²) >= 11 is 0. The van der Waals surface area contributed by atoms with Crippen LogP contribution in [0.3, 0.4) is 0 Å². The predicted octanol–water partition coefficient (Wildman–Crippen LogP) is 1.30. The molecule has 1 aromatic rings. The molecular weight excluding hydrogens is 159 g/mol. The molecule has 0 atom stereocenters. The fraction of sp³-hybridized carbons (Fsp3) is 0.625. The van der Waals surface area contributed by atoms with Gasteiger partial charge in [-0.2, -0.15) is 0 Å². The lowest BCUT2D eigenvalue weighted by molar-refractivity contribution is 0.380. The van der Waals surface area contributed by atoms with Crippen molar-refractivity contribution in [1.82, 2.24) is 10.3 Å². The summed E-state index contributed by atoms with van der Waals surface area (Å²) in [7, 11) is 1.90. The molecule has 0 aromatic carbocycles. The highest BCUT2D eigenvalue weighted by Gasteiger charge is 2.01. The summed E-state index contributed by atoms with van der Waals surface area (Å²) in [6.07, 6.45) is 3.35. The molecule has 4 heteroatoms. The van der Waals surface area contributed by atoms with Crippen LogP contribution in [0.15, 0.2) is 10.7 Å². The molecule has 0 radical (unpaired) electrons. The number of aromatic nitrogens is 1. The molecule has 0 aliphatic rings. The second-order valence-electron chi connectivity index (χ2n) is 2.57. The fourth-order valence-corrected chi connectivity index (χ4v) is 0.971. The second-order valence-corrected chi connectivity index (χ2v) is 2.57. The van der Waals surface area contributed by atoms with Gasteiger partial charge in [0.25, 0.3) is 0 Å². The van der Waals surface area contributed by atoms with E-state index in [-0.39, 0.29) is 5.89 Å². The van der Waals surface area contributed by atoms with Crippen molar-refractivity contribution in [2.75, 3.05) is 13.6 Å². The minimum absolute atomic E-state index is 0.175. The lowest BCUT2D eigenvalue weighted by Gasteiger charge is -1.94. The van der Waals surface area contributed by atoms with Gasteiger partial charge in [-0.25, -0.2) is 9.37 Å². The first-order valence-electron chi connectivity index (χ1n) is 4.00. The molecule has 0 fully saturated rings. The van der Waals surface area contributed by atoms with Crippen LogP contribution in [0.2, 0.25) is 0 Å². The fourth-order valence-electron chi connectivity index (χ4n) is 0.971. The van der Waals surface area contributed by atoms with Crippen molar-refractivity contribution >= 4 is 0 Å². The second kappa shape index (κ2) is 4.87. The van der Waals surface area contributed by atoms with Crippen LogP contribution in [0.25, 0.3) is 0 Å². The molecule has 1 rings (SSSR count). The number of hydrogen-bond donors (Lipinski definition) is 1. The Morgan fingerprint density at radius 2 is 2.50 bits per heavy atom. The number of nitrogens with zero attached hydrogens (tertiary/aromatic N) is 1. The Balaban J connectivity index is 2.31. The van der Waals surface area contributed by atoms with E-state index in [0.29, 0.717) is 0 Å². The van der Waals surface area contributed by atoms with Gasteiger partial charge in [-0.05, 0) is 26.4 Å². The van der Waals surface area contributed by atoms with E-state index >= 15 is 0 Å². The van der Waals surface area contributed by atoms with Gasteiger partial charge in [0.1, 0.15) is 6.26 Å². The van der Waals surface area contributed by atoms with Crippen LogP contribution in [0.5, 0.6) is 0 Å². The summed E-state index contributed by atoms with van der Waals surface area (Å²) in [5, 5.41) is 3.03. The number of alkyl halides is 1. The summed E-state index contributed by atoms with van der Waals surface area (Å²) in [5.74, 6) is 0.175. The Kier molecular flexibility index (Phi) is 3.73. The van der Waals surface area contributed by atoms with Crippen LogP contribution < -0.4 is 5.32 Å². The topological polar surface area (TPSA) is 38.1 Å². The van der Waals surface area contributed by atoms with Crippen LogP contribution >= 0.6 is 0 Å². The van der Waals surface area contributed by atoms with Gasteiger partial charge < -0.3 is 9.73 Å². The predicted molar refractivity (Wildman–Crippen MR) is 43.6 cm³/mol. The van der Waals surface area contributed by atoms with E-state index < -0.39 is 6.67 Å². The Bertz CT molecular complexity index is 225. The van der Waals surface area contributed by atoms with Crippen LogP contribution in [0, 0.1) is 0 Å². The van der Waals surface area contributed by atoms with E-state index in [2.05, 4.69) is 10.3 Å². The average Bonchev–Trinajstić information content (AvgIpc) is 2.53. The summed E-state index contributed by atoms with van der Waals surface area (Å²) in [6, 6.07) is 0. The van der Waals surface area contributed by atoms with Crippen LogP contribution in [-0.2, 0) is 13.1 Å². The molecule has 0 aliphatic carbocycles. The summed E-state index contributed by atoms with van der Waals surface area (Å²) in [6.45, 7) is 0.323. The molecule has 68 valence electrons. The van der Waals surface area contributed by atoms with E-state index in [1.807, 2.05) is 7.05 Å². The minimum Gasteiger partial charge on any atom is -0.446 e. The molecule has 0 bridgehead atoms. The molecule has 1 N–H and O–H groups in total. The number of nitrogens with one attached hydrogen (secondary N) is 1. The van der Waals surface area contributed by atoms with E-state index in [9.17, 15) is 4.39 Å². The van der Waals surface area contributed by atoms with Gasteiger partial charge in [-0.15, -0.1) is 0 Å². The summed E-state index contributed by atoms with van der Waals surface area (Å²) in [5.41, 5.74) is 0.831. The molecule has 0 aliphatic heterocycles. The molecular formula is C8H13FN2O. The van der Waals surface area contributed by atoms with Crippen molar-refractivity contribution in [1.29, 1.82) is 0 Å². The first-order chi connectivity index (χ1) is 5.86. The van der Waals surface area contributed by atoms with E-state index in [4.69, 9.17) is 4.42 Å². The molecule has 0 saturated carbocycles. The number of oxazole rings is 1. The molecule has 0 amide bonds. The first kappa shape index (κ1) is 9.19. The summed E-state index contributed by atoms with van der Waals surface area (Å²) in [4.78, 5) is 3.93. The largest absolute Gasteiger partial charge is 0.446 e. The van der Waals surface area contributed by atoms with Gasteiger partial charge in [0, 0.05) is 0 Å². The highest BCUT2D eigenvalue weighted by atomic mass is 19.1. The molecule has 0 unspecified atom stereocenters. The third kappa shape index (κ3) is 2.62. The van der Waals surface area contributed by atoms with Gasteiger partial charge in [0.15, 0.2) is 6.67 Å². The molecule has 0 saturated heterocycles. The lowest BCUT2D eigenvalue weighted by Crippen LogP contribution is -2.08. The van der Waals surface area contributed by atoms with Crippen molar-refractivity contribution < 1.29 is 8.81 Å². The molecule has 12 heavy (non-hydrogen) atoms. The maximum atomic E-state index is 12.0. The van der Waals surface area contributed by atoms with Gasteiger partial charge in [-0.1, -0.05) is 0 Å². The Hall–Kier alpha value is -0.900. The van der Waals surface area contributed by atoms with E-state index in [0.717, 1.165) is 25.1 Å². The smallest absolute Gasteiger partial charge is 0.225 e. The first-order valence-corrected chi connectivity index (χ1v) is 4.00. The van der Waals surface area contributed by atoms with E-state index in [1.165, 1.54) is 6.26 Å². The van der Waals surface area contributed by atoms with Gasteiger partial charge in [0.05, 0.1) is 5.69 Å². The highest BCUT2D eigenvalue weighted by Crippen LogP contribution is 2.05. The third-order valence-corrected chi connectivity index (χ3v) is 1.57. The molecule has 1 aromatic heterocycles. The number of aryl methyl sites for hydroxylation is 1. The van der Waals surface area contributed by atoms with Gasteiger partial charge in [-0.3, -0.25) is 0 Å². The molecule has 1 heterocycles. The normalized spacial score (nSPS) is 10.5. The van der Waals surface area contributed by atoms with Crippen molar-refractivity contribution in [3.8, 4) is 0 Å². The zero-order chi connectivity index (χ0) is 8.81. The van der Waals surface area contributed by atoms with Crippen LogP contribution in [0.4, 0.5) is 4.39 Å². The van der Waals surface area contributed by atoms with Crippen LogP contribution in [0.1, 0.15) is 18.0 Å². The Labute approximate surface area is 71.0 Å². The monoisotopic (exact) mass is 172 g/mol. The maximum absolute atomic E-state index is 12.0. The molecule has 3 nitrogen and oxygen atoms in total. The number of hydrogen-bond acceptors (Lipinski definition) is 3. The zero-order valence-electron chi connectivity index (χ0n) is 7.14. The van der Waals surface area contributed by atoms with Gasteiger partial charge in [0.2, 0.25) is 5.89 Å². The number of rotatable bonds is 5. The lowest BCUT2D eigenvalue weighted by atomic mass is 10.2. The Morgan fingerprint density at radius 1 is 1.67 bits per heavy atom. The van der Waals surface area contributed by atoms with Crippen molar-refractivity contribution in [3.05, 3.63) is 17.8 Å². The number of halogens is 1. The zero-order valence-corrected chi connectivity index (χ0v) is 7.14. The Morgan fingerprint density at radius 3 is 3.08 bits per heavy atom. The van der Waals surface area contributed by atoms with Crippen LogP contribution in [-0.4, -0.2) is 18.6 Å². The quantitative estimate of drug-likeness (QED) is 0.680. The SMILES string of the molecule is CNCCCc1coc(CF)n1. The van der Waals surface area contributed by atoms with Crippen molar-refractivity contribution in [2.45, 2.75) is 19.5 Å². The maximum Gasteiger partial charge on any atom is 0.225 e. The van der Waals surface area contributed by atoms with Crippen molar-refractivity contribution in [3.63, 3.8) is 0 Å². The van der Waals surface area contributed by atoms with Crippen molar-refractivity contribution in [2.24, 2.45) is 0 Å². The standard InChI is InChI=1S/C8H13FN2O/c1-10-4-2-3-7-6-12-8(5-9)11-7/h6,10H,2-5H2,1H3. The highest BCUT2D eigenvalue weighted by molar-refractivity contribution is 4.95. The van der Waals surface area contributed by atoms with E-state index in [1.54, 1.807) is 0 Å². The minimum atomic E-state index is -0.619. The molecule has 0 spiro atoms. The third-order valence-electron chi connectivity index (χ3n) is 1.57. The summed E-state index contributed by atoms with van der Waals surface area (Å²) < 4.78 is 16.8. The average molecular weight is 172 g/mol. The van der Waals surface area contributed by atoms with Gasteiger partial charge >= 0.3 is 0 Å².